The summed E-state index contributed by atoms with van der Waals surface area (Å²) in [5, 5.41) is 0. The van der Waals surface area contributed by atoms with E-state index in [0.29, 0.717) is 0 Å². The van der Waals surface area contributed by atoms with Crippen molar-refractivity contribution in [2.45, 2.75) is 13.0 Å². The summed E-state index contributed by atoms with van der Waals surface area (Å²) in [7, 11) is 0. The van der Waals surface area contributed by atoms with E-state index in [-0.39, 0.29) is 6.04 Å². The molecule has 0 amide bonds. The number of rotatable bonds is 1. The lowest BCUT2D eigenvalue weighted by Gasteiger charge is -1.95. The standard InChI is InChI=1S/C6H9NO/c1-5(7)6-2-3-8-4-6/h2-5H,7H2,1H3/t5-/m1/s1. The van der Waals surface area contributed by atoms with Gasteiger partial charge in [-0.2, -0.15) is 0 Å². The highest BCUT2D eigenvalue weighted by Crippen LogP contribution is 2.07. The lowest BCUT2D eigenvalue weighted by molar-refractivity contribution is 0.561. The van der Waals surface area contributed by atoms with E-state index in [1.807, 2.05) is 13.0 Å². The van der Waals surface area contributed by atoms with Crippen LogP contribution in [0.15, 0.2) is 23.0 Å². The van der Waals surface area contributed by atoms with Gasteiger partial charge in [0.15, 0.2) is 0 Å². The maximum atomic E-state index is 5.50. The second kappa shape index (κ2) is 2.01. The Kier molecular flexibility index (Phi) is 1.35. The molecule has 0 saturated heterocycles. The maximum absolute atomic E-state index is 5.50. The van der Waals surface area contributed by atoms with E-state index < -0.39 is 0 Å². The van der Waals surface area contributed by atoms with Crippen LogP contribution in [0.3, 0.4) is 0 Å². The molecule has 2 nitrogen and oxygen atoms in total. The average Bonchev–Trinajstić information content (AvgIpc) is 2.12. The molecule has 1 aromatic heterocycles. The third-order valence-electron chi connectivity index (χ3n) is 1.07. The van der Waals surface area contributed by atoms with Crippen LogP contribution in [0.5, 0.6) is 0 Å². The van der Waals surface area contributed by atoms with E-state index in [2.05, 4.69) is 0 Å². The molecule has 0 saturated carbocycles. The second-order valence-electron chi connectivity index (χ2n) is 1.85. The van der Waals surface area contributed by atoms with Gasteiger partial charge < -0.3 is 10.2 Å². The molecule has 1 atom stereocenters. The van der Waals surface area contributed by atoms with E-state index in [4.69, 9.17) is 10.2 Å². The largest absolute Gasteiger partial charge is 0.472 e. The first-order valence-electron chi connectivity index (χ1n) is 2.58. The van der Waals surface area contributed by atoms with Crippen molar-refractivity contribution < 1.29 is 4.42 Å². The summed E-state index contributed by atoms with van der Waals surface area (Å²) in [6, 6.07) is 1.96. The SMILES string of the molecule is C[C@@H](N)c1ccoc1. The maximum Gasteiger partial charge on any atom is 0.0950 e. The Morgan fingerprint density at radius 1 is 1.75 bits per heavy atom. The fourth-order valence-electron chi connectivity index (χ4n) is 0.534. The molecular formula is C6H9NO. The minimum Gasteiger partial charge on any atom is -0.472 e. The summed E-state index contributed by atoms with van der Waals surface area (Å²) >= 11 is 0. The van der Waals surface area contributed by atoms with Crippen molar-refractivity contribution in [2.75, 3.05) is 0 Å². The summed E-state index contributed by atoms with van der Waals surface area (Å²) < 4.78 is 4.80. The molecule has 44 valence electrons. The fourth-order valence-corrected chi connectivity index (χ4v) is 0.534. The van der Waals surface area contributed by atoms with Crippen molar-refractivity contribution in [1.29, 1.82) is 0 Å². The van der Waals surface area contributed by atoms with Gasteiger partial charge in [-0.1, -0.05) is 0 Å². The highest BCUT2D eigenvalue weighted by atomic mass is 16.3. The Labute approximate surface area is 48.3 Å². The Morgan fingerprint density at radius 2 is 2.50 bits per heavy atom. The van der Waals surface area contributed by atoms with Crippen molar-refractivity contribution >= 4 is 0 Å². The van der Waals surface area contributed by atoms with Crippen LogP contribution in [0, 0.1) is 0 Å². The molecule has 8 heavy (non-hydrogen) atoms. The molecule has 1 rings (SSSR count). The summed E-state index contributed by atoms with van der Waals surface area (Å²) in [6.07, 6.45) is 3.28. The van der Waals surface area contributed by atoms with Crippen LogP contribution in [0.4, 0.5) is 0 Å². The smallest absolute Gasteiger partial charge is 0.0950 e. The zero-order chi connectivity index (χ0) is 5.98. The van der Waals surface area contributed by atoms with E-state index in [1.165, 1.54) is 0 Å². The molecule has 0 bridgehead atoms. The van der Waals surface area contributed by atoms with Gasteiger partial charge in [0.2, 0.25) is 0 Å². The molecule has 2 heteroatoms. The normalized spacial score (nSPS) is 13.8. The highest BCUT2D eigenvalue weighted by Gasteiger charge is 1.96. The molecule has 0 aromatic carbocycles. The van der Waals surface area contributed by atoms with E-state index in [1.54, 1.807) is 12.5 Å². The minimum atomic E-state index is 0.0914. The van der Waals surface area contributed by atoms with Gasteiger partial charge in [-0.05, 0) is 13.0 Å². The van der Waals surface area contributed by atoms with Gasteiger partial charge in [0.1, 0.15) is 0 Å². The predicted molar refractivity (Wildman–Crippen MR) is 31.3 cm³/mol. The quantitative estimate of drug-likeness (QED) is 0.593. The van der Waals surface area contributed by atoms with Crippen LogP contribution in [0.25, 0.3) is 0 Å². The highest BCUT2D eigenvalue weighted by molar-refractivity contribution is 5.08. The van der Waals surface area contributed by atoms with Crippen molar-refractivity contribution in [1.82, 2.24) is 0 Å². The van der Waals surface area contributed by atoms with Gasteiger partial charge in [-0.25, -0.2) is 0 Å². The van der Waals surface area contributed by atoms with Crippen LogP contribution >= 0.6 is 0 Å². The van der Waals surface area contributed by atoms with Crippen LogP contribution in [0.1, 0.15) is 18.5 Å². The summed E-state index contributed by atoms with van der Waals surface area (Å²) in [5.41, 5.74) is 6.54. The number of furan rings is 1. The van der Waals surface area contributed by atoms with Gasteiger partial charge in [0.05, 0.1) is 12.5 Å². The van der Waals surface area contributed by atoms with Crippen molar-refractivity contribution in [2.24, 2.45) is 5.73 Å². The molecule has 2 N–H and O–H groups in total. The van der Waals surface area contributed by atoms with E-state index in [9.17, 15) is 0 Å². The molecule has 0 spiro atoms. The number of hydrogen-bond donors (Lipinski definition) is 1. The Morgan fingerprint density at radius 3 is 2.75 bits per heavy atom. The third kappa shape index (κ3) is 0.898. The van der Waals surface area contributed by atoms with Gasteiger partial charge in [0.25, 0.3) is 0 Å². The van der Waals surface area contributed by atoms with Gasteiger partial charge in [-0.15, -0.1) is 0 Å². The monoisotopic (exact) mass is 111 g/mol. The Bertz CT molecular complexity index is 144. The first-order valence-corrected chi connectivity index (χ1v) is 2.58. The Hall–Kier alpha value is -0.760. The van der Waals surface area contributed by atoms with Crippen LogP contribution in [-0.2, 0) is 0 Å². The summed E-state index contributed by atoms with van der Waals surface area (Å²) in [4.78, 5) is 0. The minimum absolute atomic E-state index is 0.0914. The second-order valence-corrected chi connectivity index (χ2v) is 1.85. The molecule has 0 aliphatic carbocycles. The molecule has 0 radical (unpaired) electrons. The molecule has 0 aliphatic heterocycles. The molecule has 0 unspecified atom stereocenters. The molecule has 1 heterocycles. The van der Waals surface area contributed by atoms with Crippen molar-refractivity contribution in [3.8, 4) is 0 Å². The van der Waals surface area contributed by atoms with Crippen molar-refractivity contribution in [3.05, 3.63) is 24.2 Å². The van der Waals surface area contributed by atoms with E-state index >= 15 is 0 Å². The molecular weight excluding hydrogens is 102 g/mol. The summed E-state index contributed by atoms with van der Waals surface area (Å²) in [6.45, 7) is 1.92. The van der Waals surface area contributed by atoms with Crippen LogP contribution < -0.4 is 5.73 Å². The fraction of sp³-hybridized carbons (Fsp3) is 0.333. The number of nitrogens with two attached hydrogens (primary N) is 1. The van der Waals surface area contributed by atoms with Crippen LogP contribution in [-0.4, -0.2) is 0 Å². The first-order chi connectivity index (χ1) is 3.80. The van der Waals surface area contributed by atoms with Gasteiger partial charge in [-0.3, -0.25) is 0 Å². The molecule has 0 aliphatic rings. The lowest BCUT2D eigenvalue weighted by atomic mass is 10.2. The van der Waals surface area contributed by atoms with E-state index in [0.717, 1.165) is 5.56 Å². The van der Waals surface area contributed by atoms with Crippen LogP contribution in [0.2, 0.25) is 0 Å². The Balaban J connectivity index is 2.77. The molecule has 0 fully saturated rings. The zero-order valence-corrected chi connectivity index (χ0v) is 4.79. The number of hydrogen-bond acceptors (Lipinski definition) is 2. The molecule has 1 aromatic rings. The third-order valence-corrected chi connectivity index (χ3v) is 1.07. The topological polar surface area (TPSA) is 39.2 Å². The van der Waals surface area contributed by atoms with Gasteiger partial charge in [0, 0.05) is 11.6 Å². The van der Waals surface area contributed by atoms with Crippen molar-refractivity contribution in [3.63, 3.8) is 0 Å². The zero-order valence-electron chi connectivity index (χ0n) is 4.79. The average molecular weight is 111 g/mol. The lowest BCUT2D eigenvalue weighted by Crippen LogP contribution is -2.02. The van der Waals surface area contributed by atoms with Gasteiger partial charge >= 0.3 is 0 Å². The summed E-state index contributed by atoms with van der Waals surface area (Å²) in [5.74, 6) is 0. The first kappa shape index (κ1) is 5.38. The predicted octanol–water partition coefficient (Wildman–Crippen LogP) is 1.30.